The van der Waals surface area contributed by atoms with Crippen LogP contribution in [0, 0.1) is 0 Å². The Morgan fingerprint density at radius 2 is 1.75 bits per heavy atom. The number of benzene rings is 1. The van der Waals surface area contributed by atoms with Crippen molar-refractivity contribution in [2.24, 2.45) is 0 Å². The van der Waals surface area contributed by atoms with E-state index in [-0.39, 0.29) is 24.0 Å². The van der Waals surface area contributed by atoms with Gasteiger partial charge in [-0.15, -0.1) is 0 Å². The molecule has 3 aliphatic heterocycles. The Balaban J connectivity index is 1.22. The lowest BCUT2D eigenvalue weighted by atomic mass is 9.90. The van der Waals surface area contributed by atoms with Gasteiger partial charge >= 0.3 is 0 Å². The zero-order valence-corrected chi connectivity index (χ0v) is 20.2. The molecule has 36 heavy (non-hydrogen) atoms. The van der Waals surface area contributed by atoms with Crippen molar-refractivity contribution in [2.45, 2.75) is 62.6 Å². The molecule has 1 aliphatic carbocycles. The molecule has 2 unspecified atom stereocenters. The first-order valence-electron chi connectivity index (χ1n) is 13.2. The van der Waals surface area contributed by atoms with Crippen LogP contribution in [-0.4, -0.2) is 69.0 Å². The molecule has 1 aromatic carbocycles. The summed E-state index contributed by atoms with van der Waals surface area (Å²) in [7, 11) is 0. The number of aromatic amines is 1. The lowest BCUT2D eigenvalue weighted by molar-refractivity contribution is -0.181. The summed E-state index contributed by atoms with van der Waals surface area (Å²) < 4.78 is 20.2. The lowest BCUT2D eigenvalue weighted by Gasteiger charge is -2.35. The van der Waals surface area contributed by atoms with Gasteiger partial charge in [-0.2, -0.15) is 5.10 Å². The van der Waals surface area contributed by atoms with Gasteiger partial charge in [0.05, 0.1) is 43.0 Å². The van der Waals surface area contributed by atoms with Crippen molar-refractivity contribution in [3.05, 3.63) is 36.7 Å². The summed E-state index contributed by atoms with van der Waals surface area (Å²) in [6, 6.07) is 8.73. The number of aromatic nitrogens is 5. The lowest BCUT2D eigenvalue weighted by Crippen LogP contribution is -2.43. The minimum atomic E-state index is -0.385. The maximum absolute atomic E-state index is 6.13. The molecule has 0 amide bonds. The van der Waals surface area contributed by atoms with Crippen LogP contribution in [0.1, 0.15) is 44.6 Å². The number of hydrogen-bond acceptors (Lipinski definition) is 7. The highest BCUT2D eigenvalue weighted by atomic mass is 16.7. The third kappa shape index (κ3) is 3.37. The molecule has 4 fully saturated rings. The number of nitrogens with zero attached hydrogens (tertiary/aromatic N) is 5. The van der Waals surface area contributed by atoms with Crippen molar-refractivity contribution in [2.75, 3.05) is 31.2 Å². The average molecular weight is 487 g/mol. The molecule has 2 bridgehead atoms. The number of morpholine rings is 1. The van der Waals surface area contributed by atoms with E-state index in [2.05, 4.69) is 38.8 Å². The number of fused-ring (bicyclic) bond motifs is 4. The Morgan fingerprint density at radius 1 is 0.944 bits per heavy atom. The third-order valence-corrected chi connectivity index (χ3v) is 8.46. The van der Waals surface area contributed by atoms with Gasteiger partial charge in [0.1, 0.15) is 5.82 Å². The predicted molar refractivity (Wildman–Crippen MR) is 135 cm³/mol. The second-order valence-electron chi connectivity index (χ2n) is 10.7. The minimum Gasteiger partial charge on any atom is -0.371 e. The largest absolute Gasteiger partial charge is 0.371 e. The molecule has 9 heteroatoms. The highest BCUT2D eigenvalue weighted by molar-refractivity contribution is 5.90. The van der Waals surface area contributed by atoms with Crippen LogP contribution < -0.4 is 4.90 Å². The Labute approximate surface area is 208 Å². The molecule has 0 radical (unpaired) electrons. The van der Waals surface area contributed by atoms with Crippen LogP contribution in [0.25, 0.3) is 33.3 Å². The van der Waals surface area contributed by atoms with Crippen molar-refractivity contribution in [3.8, 4) is 11.4 Å². The van der Waals surface area contributed by atoms with Gasteiger partial charge in [0.25, 0.3) is 0 Å². The fraction of sp³-hybridized carbons (Fsp3) is 0.519. The maximum Gasteiger partial charge on any atom is 0.168 e. The monoisotopic (exact) mass is 486 g/mol. The van der Waals surface area contributed by atoms with E-state index in [0.717, 1.165) is 90.8 Å². The van der Waals surface area contributed by atoms with E-state index in [1.54, 1.807) is 0 Å². The number of H-pyrrole nitrogens is 1. The fourth-order valence-electron chi connectivity index (χ4n) is 6.60. The molecular weight excluding hydrogens is 456 g/mol. The van der Waals surface area contributed by atoms with E-state index in [0.29, 0.717) is 13.2 Å². The SMILES string of the molecule is c1cc2cc(-c3nc(N4CC5CCC(C4)O5)c4cnn(C5CCC6(CC5)OCCO6)c4n3)ccc2[nH]1. The zero-order valence-electron chi connectivity index (χ0n) is 20.2. The van der Waals surface area contributed by atoms with E-state index in [4.69, 9.17) is 29.3 Å². The molecule has 186 valence electrons. The van der Waals surface area contributed by atoms with Crippen molar-refractivity contribution in [3.63, 3.8) is 0 Å². The van der Waals surface area contributed by atoms with Crippen molar-refractivity contribution in [1.29, 1.82) is 0 Å². The third-order valence-electron chi connectivity index (χ3n) is 8.46. The highest BCUT2D eigenvalue weighted by Crippen LogP contribution is 2.42. The maximum atomic E-state index is 6.13. The van der Waals surface area contributed by atoms with Gasteiger partial charge in [0, 0.05) is 48.6 Å². The van der Waals surface area contributed by atoms with Gasteiger partial charge in [-0.05, 0) is 49.9 Å². The fourth-order valence-corrected chi connectivity index (χ4v) is 6.60. The molecule has 1 saturated carbocycles. The number of hydrogen-bond donors (Lipinski definition) is 1. The van der Waals surface area contributed by atoms with Gasteiger partial charge in [-0.3, -0.25) is 0 Å². The van der Waals surface area contributed by atoms with Gasteiger partial charge in [-0.1, -0.05) is 0 Å². The molecule has 2 atom stereocenters. The number of ether oxygens (including phenoxy) is 3. The molecule has 3 saturated heterocycles. The van der Waals surface area contributed by atoms with E-state index >= 15 is 0 Å². The van der Waals surface area contributed by atoms with E-state index in [1.807, 2.05) is 12.4 Å². The Hall–Kier alpha value is -3.01. The van der Waals surface area contributed by atoms with E-state index < -0.39 is 0 Å². The molecule has 4 aromatic rings. The van der Waals surface area contributed by atoms with Crippen LogP contribution >= 0.6 is 0 Å². The number of nitrogens with one attached hydrogen (secondary N) is 1. The molecule has 1 N–H and O–H groups in total. The molecule has 9 nitrogen and oxygen atoms in total. The van der Waals surface area contributed by atoms with Crippen molar-refractivity contribution in [1.82, 2.24) is 24.7 Å². The first-order valence-corrected chi connectivity index (χ1v) is 13.2. The second-order valence-corrected chi connectivity index (χ2v) is 10.7. The summed E-state index contributed by atoms with van der Waals surface area (Å²) in [5, 5.41) is 7.07. The van der Waals surface area contributed by atoms with E-state index in [1.165, 1.54) is 0 Å². The van der Waals surface area contributed by atoms with Crippen LogP contribution in [0.4, 0.5) is 5.82 Å². The van der Waals surface area contributed by atoms with Crippen LogP contribution in [0.5, 0.6) is 0 Å². The van der Waals surface area contributed by atoms with Crippen LogP contribution in [-0.2, 0) is 14.2 Å². The molecular formula is C27H30N6O3. The molecule has 1 spiro atoms. The average Bonchev–Trinajstić information content (AvgIpc) is 3.71. The normalized spacial score (nSPS) is 26.1. The standard InChI is InChI=1S/C27H30N6O3/c1-4-23-17(7-10-28-23)13-18(1)24-30-25(32-15-20-2-3-21(16-32)36-20)22-14-29-33(26(22)31-24)19-5-8-27(9-6-19)34-11-12-35-27/h1,4,7,10,13-14,19-21,28H,2-3,5-6,8-9,11-12,15-16H2. The van der Waals surface area contributed by atoms with Gasteiger partial charge < -0.3 is 24.1 Å². The highest BCUT2D eigenvalue weighted by Gasteiger charge is 2.41. The molecule has 3 aromatic heterocycles. The number of rotatable bonds is 3. The van der Waals surface area contributed by atoms with Crippen LogP contribution in [0.2, 0.25) is 0 Å². The summed E-state index contributed by atoms with van der Waals surface area (Å²) in [6.45, 7) is 3.13. The summed E-state index contributed by atoms with van der Waals surface area (Å²) in [5.41, 5.74) is 3.05. The van der Waals surface area contributed by atoms with Gasteiger partial charge in [-0.25, -0.2) is 14.6 Å². The first-order chi connectivity index (χ1) is 17.7. The summed E-state index contributed by atoms with van der Waals surface area (Å²) in [6.07, 6.45) is 10.4. The van der Waals surface area contributed by atoms with Crippen molar-refractivity contribution < 1.29 is 14.2 Å². The first kappa shape index (κ1) is 21.1. The minimum absolute atomic E-state index is 0.268. The van der Waals surface area contributed by atoms with E-state index in [9.17, 15) is 0 Å². The Bertz CT molecular complexity index is 1420. The van der Waals surface area contributed by atoms with Gasteiger partial charge in [0.15, 0.2) is 17.3 Å². The number of anilines is 1. The predicted octanol–water partition coefficient (Wildman–Crippen LogP) is 4.20. The summed E-state index contributed by atoms with van der Waals surface area (Å²) in [4.78, 5) is 16.0. The Morgan fingerprint density at radius 3 is 2.56 bits per heavy atom. The smallest absolute Gasteiger partial charge is 0.168 e. The quantitative estimate of drug-likeness (QED) is 0.464. The Kier molecular flexibility index (Phi) is 4.69. The van der Waals surface area contributed by atoms with Crippen LogP contribution in [0.15, 0.2) is 36.7 Å². The molecule has 6 heterocycles. The summed E-state index contributed by atoms with van der Waals surface area (Å²) >= 11 is 0. The van der Waals surface area contributed by atoms with Crippen LogP contribution in [0.3, 0.4) is 0 Å². The van der Waals surface area contributed by atoms with Crippen molar-refractivity contribution >= 4 is 27.8 Å². The molecule has 8 rings (SSSR count). The topological polar surface area (TPSA) is 90.3 Å². The molecule has 4 aliphatic rings. The second kappa shape index (κ2) is 7.99. The summed E-state index contributed by atoms with van der Waals surface area (Å²) in [5.74, 6) is 1.34. The zero-order chi connectivity index (χ0) is 23.7. The van der Waals surface area contributed by atoms with Gasteiger partial charge in [0.2, 0.25) is 0 Å².